The molecule has 0 N–H and O–H groups in total. The molecule has 2 aromatic carbocycles. The van der Waals surface area contributed by atoms with Crippen molar-refractivity contribution >= 4 is 27.5 Å². The molecule has 1 amide bonds. The molecule has 2 aliphatic rings. The molecule has 1 aliphatic heterocycles. The van der Waals surface area contributed by atoms with Crippen LogP contribution in [0.25, 0.3) is 10.2 Å². The van der Waals surface area contributed by atoms with Gasteiger partial charge < -0.3 is 4.90 Å². The Morgan fingerprint density at radius 3 is 2.41 bits per heavy atom. The van der Waals surface area contributed by atoms with Gasteiger partial charge in [-0.25, -0.2) is 9.37 Å². The zero-order chi connectivity index (χ0) is 19.8. The molecule has 1 saturated heterocycles. The van der Waals surface area contributed by atoms with Crippen molar-refractivity contribution in [1.82, 2.24) is 14.8 Å². The third-order valence-corrected chi connectivity index (χ3v) is 7.39. The minimum Gasteiger partial charge on any atom is -0.339 e. The van der Waals surface area contributed by atoms with E-state index in [4.69, 9.17) is 4.98 Å². The van der Waals surface area contributed by atoms with Crippen molar-refractivity contribution in [2.75, 3.05) is 26.2 Å². The fraction of sp³-hybridized carbons (Fsp3) is 0.391. The molecule has 0 bridgehead atoms. The Morgan fingerprint density at radius 1 is 1.03 bits per heavy atom. The largest absolute Gasteiger partial charge is 0.339 e. The zero-order valence-electron chi connectivity index (χ0n) is 16.3. The smallest absolute Gasteiger partial charge is 0.233 e. The lowest BCUT2D eigenvalue weighted by molar-refractivity contribution is -0.142. The lowest BCUT2D eigenvalue weighted by atomic mass is 9.63. The molecule has 0 atom stereocenters. The fourth-order valence-electron chi connectivity index (χ4n) is 4.52. The lowest BCUT2D eigenvalue weighted by Gasteiger charge is -2.46. The van der Waals surface area contributed by atoms with Crippen LogP contribution in [0.5, 0.6) is 0 Å². The number of amides is 1. The molecule has 1 aromatic heterocycles. The molecule has 0 unspecified atom stereocenters. The normalized spacial score (nSPS) is 19.3. The van der Waals surface area contributed by atoms with Crippen LogP contribution in [0.4, 0.5) is 4.39 Å². The van der Waals surface area contributed by atoms with Gasteiger partial charge in [-0.2, -0.15) is 0 Å². The summed E-state index contributed by atoms with van der Waals surface area (Å²) in [4.78, 5) is 22.5. The molecule has 2 heterocycles. The van der Waals surface area contributed by atoms with E-state index in [1.807, 2.05) is 17.0 Å². The molecule has 2 fully saturated rings. The highest BCUT2D eigenvalue weighted by molar-refractivity contribution is 7.18. The second-order valence-corrected chi connectivity index (χ2v) is 9.20. The first-order valence-corrected chi connectivity index (χ1v) is 11.1. The molecule has 29 heavy (non-hydrogen) atoms. The number of thiazole rings is 1. The van der Waals surface area contributed by atoms with Gasteiger partial charge in [0.15, 0.2) is 0 Å². The second-order valence-electron chi connectivity index (χ2n) is 8.09. The number of carbonyl (C=O) groups excluding carboxylic acids is 1. The van der Waals surface area contributed by atoms with Gasteiger partial charge >= 0.3 is 0 Å². The van der Waals surface area contributed by atoms with Crippen molar-refractivity contribution in [3.05, 3.63) is 64.9 Å². The number of hydrogen-bond donors (Lipinski definition) is 0. The SMILES string of the molecule is O=C(N1CCN(Cc2nc3ccccc3s2)CC1)C1(c2ccc(F)cc2)CCC1. The fourth-order valence-corrected chi connectivity index (χ4v) is 5.53. The topological polar surface area (TPSA) is 36.4 Å². The van der Waals surface area contributed by atoms with Crippen LogP contribution in [0.2, 0.25) is 0 Å². The van der Waals surface area contributed by atoms with Gasteiger partial charge in [-0.05, 0) is 42.7 Å². The standard InChI is InChI=1S/C23H24FN3OS/c24-18-8-6-17(7-9-18)23(10-3-11-23)22(28)27-14-12-26(13-15-27)16-21-25-19-4-1-2-5-20(19)29-21/h1-2,4-9H,3,10-16H2. The molecule has 4 nitrogen and oxygen atoms in total. The highest BCUT2D eigenvalue weighted by Gasteiger charge is 2.47. The molecule has 0 radical (unpaired) electrons. The van der Waals surface area contributed by atoms with Crippen LogP contribution < -0.4 is 0 Å². The first-order chi connectivity index (χ1) is 14.1. The summed E-state index contributed by atoms with van der Waals surface area (Å²) >= 11 is 1.75. The van der Waals surface area contributed by atoms with Crippen molar-refractivity contribution in [1.29, 1.82) is 0 Å². The summed E-state index contributed by atoms with van der Waals surface area (Å²) in [6.07, 6.45) is 2.79. The van der Waals surface area contributed by atoms with E-state index in [9.17, 15) is 9.18 Å². The first kappa shape index (κ1) is 18.7. The Kier molecular flexibility index (Phi) is 4.84. The van der Waals surface area contributed by atoms with Crippen LogP contribution in [-0.4, -0.2) is 46.9 Å². The van der Waals surface area contributed by atoms with Crippen molar-refractivity contribution < 1.29 is 9.18 Å². The van der Waals surface area contributed by atoms with Gasteiger partial charge in [-0.1, -0.05) is 30.7 Å². The molecule has 3 aromatic rings. The Labute approximate surface area is 174 Å². The van der Waals surface area contributed by atoms with Crippen molar-refractivity contribution in [3.8, 4) is 0 Å². The molecule has 1 aliphatic carbocycles. The third kappa shape index (κ3) is 3.45. The number of piperazine rings is 1. The van der Waals surface area contributed by atoms with Crippen LogP contribution in [0.3, 0.4) is 0 Å². The average Bonchev–Trinajstić information content (AvgIpc) is 3.11. The number of aromatic nitrogens is 1. The Balaban J connectivity index is 1.24. The van der Waals surface area contributed by atoms with Crippen LogP contribution in [-0.2, 0) is 16.8 Å². The third-order valence-electron chi connectivity index (χ3n) is 6.37. The predicted molar refractivity (Wildman–Crippen MR) is 113 cm³/mol. The van der Waals surface area contributed by atoms with E-state index in [0.29, 0.717) is 0 Å². The Hall–Kier alpha value is -2.31. The Bertz CT molecular complexity index is 987. The summed E-state index contributed by atoms with van der Waals surface area (Å²) in [5, 5.41) is 1.13. The molecule has 1 saturated carbocycles. The minimum absolute atomic E-state index is 0.218. The van der Waals surface area contributed by atoms with Gasteiger partial charge in [-0.15, -0.1) is 11.3 Å². The van der Waals surface area contributed by atoms with Crippen molar-refractivity contribution in [2.24, 2.45) is 0 Å². The van der Waals surface area contributed by atoms with Gasteiger partial charge in [0.1, 0.15) is 10.8 Å². The zero-order valence-corrected chi connectivity index (χ0v) is 17.1. The number of carbonyl (C=O) groups is 1. The maximum Gasteiger partial charge on any atom is 0.233 e. The summed E-state index contributed by atoms with van der Waals surface area (Å²) in [6.45, 7) is 4.05. The summed E-state index contributed by atoms with van der Waals surface area (Å²) < 4.78 is 14.6. The monoisotopic (exact) mass is 409 g/mol. The summed E-state index contributed by atoms with van der Waals surface area (Å²) in [5.41, 5.74) is 1.59. The van der Waals surface area contributed by atoms with Crippen LogP contribution in [0.15, 0.2) is 48.5 Å². The van der Waals surface area contributed by atoms with Crippen molar-refractivity contribution in [2.45, 2.75) is 31.2 Å². The van der Waals surface area contributed by atoms with E-state index >= 15 is 0 Å². The molecule has 6 heteroatoms. The van der Waals surface area contributed by atoms with E-state index in [1.54, 1.807) is 23.5 Å². The maximum absolute atomic E-state index is 13.4. The average molecular weight is 410 g/mol. The van der Waals surface area contributed by atoms with Crippen molar-refractivity contribution in [3.63, 3.8) is 0 Å². The van der Waals surface area contributed by atoms with E-state index < -0.39 is 5.41 Å². The van der Waals surface area contributed by atoms with Gasteiger partial charge in [-0.3, -0.25) is 9.69 Å². The van der Waals surface area contributed by atoms with E-state index in [1.165, 1.54) is 16.8 Å². The molecule has 0 spiro atoms. The van der Waals surface area contributed by atoms with E-state index in [-0.39, 0.29) is 11.7 Å². The number of halogens is 1. The quantitative estimate of drug-likeness (QED) is 0.648. The van der Waals surface area contributed by atoms with Gasteiger partial charge in [0.2, 0.25) is 5.91 Å². The van der Waals surface area contributed by atoms with Gasteiger partial charge in [0.05, 0.1) is 22.2 Å². The molecule has 150 valence electrons. The van der Waals surface area contributed by atoms with E-state index in [0.717, 1.165) is 68.1 Å². The van der Waals surface area contributed by atoms with Gasteiger partial charge in [0.25, 0.3) is 0 Å². The Morgan fingerprint density at radius 2 is 1.76 bits per heavy atom. The number of hydrogen-bond acceptors (Lipinski definition) is 4. The lowest BCUT2D eigenvalue weighted by Crippen LogP contribution is -2.56. The number of nitrogens with zero attached hydrogens (tertiary/aromatic N) is 3. The first-order valence-electron chi connectivity index (χ1n) is 10.3. The number of benzene rings is 2. The highest BCUT2D eigenvalue weighted by atomic mass is 32.1. The minimum atomic E-state index is -0.442. The van der Waals surface area contributed by atoms with Gasteiger partial charge in [0, 0.05) is 26.2 Å². The van der Waals surface area contributed by atoms with Crippen LogP contribution in [0, 0.1) is 5.82 Å². The molecular weight excluding hydrogens is 385 g/mol. The maximum atomic E-state index is 13.4. The van der Waals surface area contributed by atoms with E-state index in [2.05, 4.69) is 17.0 Å². The van der Waals surface area contributed by atoms with Crippen LogP contribution >= 0.6 is 11.3 Å². The summed E-state index contributed by atoms with van der Waals surface area (Å²) in [5.74, 6) is -0.0332. The molecule has 5 rings (SSSR count). The second kappa shape index (κ2) is 7.50. The predicted octanol–water partition coefficient (Wildman–Crippen LogP) is 4.20. The number of fused-ring (bicyclic) bond motifs is 1. The highest BCUT2D eigenvalue weighted by Crippen LogP contribution is 2.45. The van der Waals surface area contributed by atoms with Crippen LogP contribution in [0.1, 0.15) is 29.8 Å². The number of para-hydroxylation sites is 1. The summed E-state index contributed by atoms with van der Waals surface area (Å²) in [6, 6.07) is 14.8. The number of rotatable bonds is 4. The molecular formula is C23H24FN3OS. The summed E-state index contributed by atoms with van der Waals surface area (Å²) in [7, 11) is 0.